The van der Waals surface area contributed by atoms with Crippen LogP contribution in [0.4, 0.5) is 5.69 Å². The summed E-state index contributed by atoms with van der Waals surface area (Å²) in [5.41, 5.74) is 9.14. The summed E-state index contributed by atoms with van der Waals surface area (Å²) in [4.78, 5) is 31.4. The molecule has 28 heavy (non-hydrogen) atoms. The second-order valence-electron chi connectivity index (χ2n) is 6.18. The first-order chi connectivity index (χ1) is 13.3. The zero-order valence-corrected chi connectivity index (χ0v) is 15.1. The third-order valence-electron chi connectivity index (χ3n) is 4.21. The maximum absolute atomic E-state index is 11.7. The molecular formula is C20H19N5O3. The molecule has 3 aromatic rings. The van der Waals surface area contributed by atoms with Crippen molar-refractivity contribution >= 4 is 23.4 Å². The maximum Gasteiger partial charge on any atom is 0.323 e. The molecule has 1 amide bonds. The van der Waals surface area contributed by atoms with Crippen LogP contribution in [-0.4, -0.2) is 39.3 Å². The first-order valence-electron chi connectivity index (χ1n) is 8.45. The maximum atomic E-state index is 11.7. The molecule has 0 aliphatic carbocycles. The largest absolute Gasteiger partial charge is 0.480 e. The van der Waals surface area contributed by atoms with E-state index in [1.807, 2.05) is 12.1 Å². The molecule has 0 unspecified atom stereocenters. The molecule has 5 N–H and O–H groups in total. The molecule has 8 nitrogen and oxygen atoms in total. The number of anilines is 1. The molecule has 1 aromatic heterocycles. The number of nitrogen functional groups attached to an aromatic ring is 1. The minimum Gasteiger partial charge on any atom is -0.480 e. The predicted molar refractivity (Wildman–Crippen MR) is 106 cm³/mol. The van der Waals surface area contributed by atoms with Crippen LogP contribution in [0, 0.1) is 5.41 Å². The number of aliphatic carboxylic acids is 1. The van der Waals surface area contributed by atoms with Gasteiger partial charge in [0, 0.05) is 23.7 Å². The van der Waals surface area contributed by atoms with Gasteiger partial charge in [0.05, 0.1) is 11.9 Å². The molecule has 0 bridgehead atoms. The summed E-state index contributed by atoms with van der Waals surface area (Å²) in [6.45, 7) is 0.933. The van der Waals surface area contributed by atoms with E-state index in [0.717, 1.165) is 16.8 Å². The predicted octanol–water partition coefficient (Wildman–Crippen LogP) is 2.47. The van der Waals surface area contributed by atoms with Crippen LogP contribution in [0.5, 0.6) is 0 Å². The smallest absolute Gasteiger partial charge is 0.323 e. The van der Waals surface area contributed by atoms with Crippen molar-refractivity contribution in [2.45, 2.75) is 6.92 Å². The van der Waals surface area contributed by atoms with Gasteiger partial charge in [-0.15, -0.1) is 0 Å². The number of nitrogens with one attached hydrogen (secondary N) is 2. The molecule has 1 heterocycles. The summed E-state index contributed by atoms with van der Waals surface area (Å²) < 4.78 is 0. The van der Waals surface area contributed by atoms with Gasteiger partial charge in [-0.25, -0.2) is 4.98 Å². The van der Waals surface area contributed by atoms with Gasteiger partial charge < -0.3 is 20.7 Å². The van der Waals surface area contributed by atoms with E-state index >= 15 is 0 Å². The zero-order valence-electron chi connectivity index (χ0n) is 15.1. The third kappa shape index (κ3) is 4.07. The summed E-state index contributed by atoms with van der Waals surface area (Å²) in [5, 5.41) is 16.4. The summed E-state index contributed by atoms with van der Waals surface area (Å²) in [6.07, 6.45) is 1.71. The Morgan fingerprint density at radius 2 is 1.71 bits per heavy atom. The van der Waals surface area contributed by atoms with Gasteiger partial charge in [-0.2, -0.15) is 0 Å². The molecular weight excluding hydrogens is 358 g/mol. The number of carbonyl (C=O) groups is 2. The van der Waals surface area contributed by atoms with Crippen molar-refractivity contribution < 1.29 is 14.7 Å². The van der Waals surface area contributed by atoms with Crippen LogP contribution >= 0.6 is 0 Å². The Hall–Kier alpha value is -3.94. The molecule has 3 rings (SSSR count). The third-order valence-corrected chi connectivity index (χ3v) is 4.21. The standard InChI is InChI=1S/C20H19N5O3/c1-12(26)25(11-18(27)28)16-8-6-15(7-9-16)20-23-10-17(24-20)13-2-4-14(5-3-13)19(21)22/h2-10H,11H2,1H3,(H3,21,22)(H,23,24)(H,27,28). The van der Waals surface area contributed by atoms with Crippen LogP contribution in [0.1, 0.15) is 12.5 Å². The van der Waals surface area contributed by atoms with E-state index in [-0.39, 0.29) is 11.7 Å². The highest BCUT2D eigenvalue weighted by Crippen LogP contribution is 2.25. The van der Waals surface area contributed by atoms with Crippen molar-refractivity contribution in [2.24, 2.45) is 5.73 Å². The highest BCUT2D eigenvalue weighted by molar-refractivity contribution is 5.96. The number of nitrogens with two attached hydrogens (primary N) is 1. The van der Waals surface area contributed by atoms with Gasteiger partial charge in [-0.1, -0.05) is 24.3 Å². The van der Waals surface area contributed by atoms with Crippen molar-refractivity contribution in [3.05, 3.63) is 60.3 Å². The molecule has 0 atom stereocenters. The molecule has 8 heteroatoms. The van der Waals surface area contributed by atoms with Crippen molar-refractivity contribution in [2.75, 3.05) is 11.4 Å². The molecule has 0 fully saturated rings. The Bertz CT molecular complexity index is 1020. The Kier molecular flexibility index (Phi) is 5.21. The van der Waals surface area contributed by atoms with E-state index < -0.39 is 12.5 Å². The molecule has 0 saturated heterocycles. The van der Waals surface area contributed by atoms with Crippen LogP contribution in [0.3, 0.4) is 0 Å². The molecule has 0 spiro atoms. The van der Waals surface area contributed by atoms with Gasteiger partial charge in [-0.3, -0.25) is 15.0 Å². The summed E-state index contributed by atoms with van der Waals surface area (Å²) >= 11 is 0. The minimum atomic E-state index is -1.08. The first-order valence-corrected chi connectivity index (χ1v) is 8.45. The number of H-pyrrole nitrogens is 1. The Morgan fingerprint density at radius 1 is 1.11 bits per heavy atom. The van der Waals surface area contributed by atoms with Crippen LogP contribution in [-0.2, 0) is 9.59 Å². The quantitative estimate of drug-likeness (QED) is 0.386. The fraction of sp³-hybridized carbons (Fsp3) is 0.100. The molecule has 0 aliphatic rings. The van der Waals surface area contributed by atoms with E-state index in [4.69, 9.17) is 16.2 Å². The Labute approximate surface area is 161 Å². The second-order valence-corrected chi connectivity index (χ2v) is 6.18. The summed E-state index contributed by atoms with van der Waals surface area (Å²) in [7, 11) is 0. The summed E-state index contributed by atoms with van der Waals surface area (Å²) in [5.74, 6) is -0.764. The van der Waals surface area contributed by atoms with Gasteiger partial charge >= 0.3 is 5.97 Å². The van der Waals surface area contributed by atoms with Crippen LogP contribution in [0.2, 0.25) is 0 Å². The number of carboxylic acids is 1. The topological polar surface area (TPSA) is 136 Å². The highest BCUT2D eigenvalue weighted by Gasteiger charge is 2.15. The fourth-order valence-electron chi connectivity index (χ4n) is 2.76. The van der Waals surface area contributed by atoms with Crippen LogP contribution in [0.25, 0.3) is 22.6 Å². The number of amidine groups is 1. The van der Waals surface area contributed by atoms with Gasteiger partial charge in [0.1, 0.15) is 18.2 Å². The lowest BCUT2D eigenvalue weighted by molar-refractivity contribution is -0.136. The van der Waals surface area contributed by atoms with Crippen molar-refractivity contribution in [1.82, 2.24) is 9.97 Å². The summed E-state index contributed by atoms with van der Waals surface area (Å²) in [6, 6.07) is 14.2. The van der Waals surface area contributed by atoms with Gasteiger partial charge in [-0.05, 0) is 29.8 Å². The lowest BCUT2D eigenvalue weighted by atomic mass is 10.1. The number of benzene rings is 2. The molecule has 0 radical (unpaired) electrons. The second kappa shape index (κ2) is 7.75. The average molecular weight is 377 g/mol. The first kappa shape index (κ1) is 18.8. The van der Waals surface area contributed by atoms with Gasteiger partial charge in [0.2, 0.25) is 5.91 Å². The lowest BCUT2D eigenvalue weighted by Gasteiger charge is -2.18. The highest BCUT2D eigenvalue weighted by atomic mass is 16.4. The monoisotopic (exact) mass is 377 g/mol. The van der Waals surface area contributed by atoms with Crippen LogP contribution in [0.15, 0.2) is 54.7 Å². The number of carboxylic acid groups (broad SMARTS) is 1. The number of aromatic nitrogens is 2. The van der Waals surface area contributed by atoms with Crippen molar-refractivity contribution in [3.8, 4) is 22.6 Å². The number of amides is 1. The number of hydrogen-bond acceptors (Lipinski definition) is 4. The van der Waals surface area contributed by atoms with Crippen molar-refractivity contribution in [1.29, 1.82) is 5.41 Å². The number of imidazole rings is 1. The average Bonchev–Trinajstić information content (AvgIpc) is 3.16. The van der Waals surface area contributed by atoms with Gasteiger partial charge in [0.25, 0.3) is 0 Å². The van der Waals surface area contributed by atoms with E-state index in [2.05, 4.69) is 9.97 Å². The number of hydrogen-bond donors (Lipinski definition) is 4. The minimum absolute atomic E-state index is 0.0134. The van der Waals surface area contributed by atoms with E-state index in [0.29, 0.717) is 17.1 Å². The lowest BCUT2D eigenvalue weighted by Crippen LogP contribution is -2.33. The zero-order chi connectivity index (χ0) is 20.3. The number of rotatable bonds is 6. The number of nitrogens with zero attached hydrogens (tertiary/aromatic N) is 2. The van der Waals surface area contributed by atoms with E-state index in [1.54, 1.807) is 42.6 Å². The fourth-order valence-corrected chi connectivity index (χ4v) is 2.76. The van der Waals surface area contributed by atoms with Gasteiger partial charge in [0.15, 0.2) is 0 Å². The van der Waals surface area contributed by atoms with E-state index in [9.17, 15) is 9.59 Å². The van der Waals surface area contributed by atoms with Crippen molar-refractivity contribution in [3.63, 3.8) is 0 Å². The van der Waals surface area contributed by atoms with Crippen LogP contribution < -0.4 is 10.6 Å². The Balaban J connectivity index is 1.82. The normalized spacial score (nSPS) is 10.5. The molecule has 2 aromatic carbocycles. The Morgan fingerprint density at radius 3 is 2.25 bits per heavy atom. The van der Waals surface area contributed by atoms with E-state index in [1.165, 1.54) is 11.8 Å². The molecule has 0 aliphatic heterocycles. The molecule has 142 valence electrons. The number of aromatic amines is 1. The SMILES string of the molecule is CC(=O)N(CC(=O)O)c1ccc(-c2ncc(-c3ccc(C(=N)N)cc3)[nH]2)cc1. The molecule has 0 saturated carbocycles. The number of carbonyl (C=O) groups excluding carboxylic acids is 1.